The Labute approximate surface area is 154 Å². The third-order valence-corrected chi connectivity index (χ3v) is 3.63. The highest BCUT2D eigenvalue weighted by molar-refractivity contribution is 5.92. The molecule has 1 amide bonds. The minimum absolute atomic E-state index is 0.168. The van der Waals surface area contributed by atoms with Gasteiger partial charge in [0.1, 0.15) is 12.4 Å². The molecule has 3 aromatic rings. The summed E-state index contributed by atoms with van der Waals surface area (Å²) in [7, 11) is 0. The predicted molar refractivity (Wildman–Crippen MR) is 97.9 cm³/mol. The van der Waals surface area contributed by atoms with Gasteiger partial charge in [0, 0.05) is 5.56 Å². The van der Waals surface area contributed by atoms with Crippen LogP contribution in [0.2, 0.25) is 0 Å². The molecule has 2 aromatic carbocycles. The standard InChI is InChI=1S/C20H16N2O5/c23-19(18-6-3-11-26-18)22-21-12-16-4-1-2-5-17(16)27-13-14-7-9-15(10-8-14)20(24)25/h1-12H,13H2,(H,22,23)(H,24,25). The molecule has 0 fully saturated rings. The van der Waals surface area contributed by atoms with Crippen molar-refractivity contribution in [1.29, 1.82) is 0 Å². The van der Waals surface area contributed by atoms with Crippen molar-refractivity contribution in [3.63, 3.8) is 0 Å². The fraction of sp³-hybridized carbons (Fsp3) is 0.0500. The monoisotopic (exact) mass is 364 g/mol. The van der Waals surface area contributed by atoms with Crippen molar-refractivity contribution in [2.75, 3.05) is 0 Å². The Morgan fingerprint density at radius 1 is 1.07 bits per heavy atom. The number of benzene rings is 2. The highest BCUT2D eigenvalue weighted by atomic mass is 16.5. The van der Waals surface area contributed by atoms with Gasteiger partial charge < -0.3 is 14.3 Å². The van der Waals surface area contributed by atoms with Gasteiger partial charge in [-0.2, -0.15) is 5.10 Å². The third-order valence-electron chi connectivity index (χ3n) is 3.63. The Morgan fingerprint density at radius 3 is 2.56 bits per heavy atom. The van der Waals surface area contributed by atoms with Gasteiger partial charge in [-0.05, 0) is 42.0 Å². The van der Waals surface area contributed by atoms with E-state index in [1.807, 2.05) is 12.1 Å². The molecular formula is C20H16N2O5. The van der Waals surface area contributed by atoms with Gasteiger partial charge in [0.2, 0.25) is 0 Å². The van der Waals surface area contributed by atoms with Crippen molar-refractivity contribution >= 4 is 18.1 Å². The van der Waals surface area contributed by atoms with Crippen molar-refractivity contribution in [1.82, 2.24) is 5.43 Å². The Kier molecular flexibility index (Phi) is 5.64. The Hall–Kier alpha value is -3.87. The number of carboxylic acid groups (broad SMARTS) is 1. The highest BCUT2D eigenvalue weighted by Crippen LogP contribution is 2.18. The zero-order valence-electron chi connectivity index (χ0n) is 14.2. The van der Waals surface area contributed by atoms with Crippen LogP contribution in [0.15, 0.2) is 76.4 Å². The Balaban J connectivity index is 1.62. The van der Waals surface area contributed by atoms with Crippen LogP contribution in [-0.2, 0) is 6.61 Å². The number of carbonyl (C=O) groups is 2. The number of hydrogen-bond acceptors (Lipinski definition) is 5. The van der Waals surface area contributed by atoms with Gasteiger partial charge in [-0.3, -0.25) is 4.79 Å². The van der Waals surface area contributed by atoms with Crippen molar-refractivity contribution in [2.24, 2.45) is 5.10 Å². The minimum Gasteiger partial charge on any atom is -0.488 e. The van der Waals surface area contributed by atoms with Crippen molar-refractivity contribution < 1.29 is 23.8 Å². The molecule has 0 aliphatic carbocycles. The van der Waals surface area contributed by atoms with Crippen molar-refractivity contribution in [3.05, 3.63) is 89.4 Å². The summed E-state index contributed by atoms with van der Waals surface area (Å²) in [6.07, 6.45) is 2.88. The number of aromatic carboxylic acids is 1. The Morgan fingerprint density at radius 2 is 1.85 bits per heavy atom. The van der Waals surface area contributed by atoms with Gasteiger partial charge in [-0.1, -0.05) is 24.3 Å². The molecule has 0 saturated carbocycles. The topological polar surface area (TPSA) is 101 Å². The van der Waals surface area contributed by atoms with E-state index in [-0.39, 0.29) is 17.9 Å². The molecule has 0 radical (unpaired) electrons. The fourth-order valence-corrected chi connectivity index (χ4v) is 2.25. The first kappa shape index (κ1) is 17.9. The molecule has 1 heterocycles. The second kappa shape index (κ2) is 8.48. The van der Waals surface area contributed by atoms with Gasteiger partial charge in [-0.15, -0.1) is 0 Å². The average molecular weight is 364 g/mol. The third kappa shape index (κ3) is 4.82. The molecule has 2 N–H and O–H groups in total. The van der Waals surface area contributed by atoms with Crippen molar-refractivity contribution in [3.8, 4) is 5.75 Å². The molecule has 0 aliphatic rings. The first-order valence-electron chi connectivity index (χ1n) is 8.04. The van der Waals surface area contributed by atoms with E-state index in [9.17, 15) is 9.59 Å². The molecule has 0 unspecified atom stereocenters. The summed E-state index contributed by atoms with van der Waals surface area (Å²) in [6.45, 7) is 0.267. The molecule has 0 spiro atoms. The van der Waals surface area contributed by atoms with E-state index in [1.165, 1.54) is 30.7 Å². The van der Waals surface area contributed by atoms with E-state index in [0.717, 1.165) is 5.56 Å². The average Bonchev–Trinajstić information content (AvgIpc) is 3.22. The maximum Gasteiger partial charge on any atom is 0.335 e. The van der Waals surface area contributed by atoms with Crippen LogP contribution >= 0.6 is 0 Å². The van der Waals surface area contributed by atoms with Gasteiger partial charge in [0.15, 0.2) is 5.76 Å². The lowest BCUT2D eigenvalue weighted by Gasteiger charge is -2.09. The first-order chi connectivity index (χ1) is 13.1. The van der Waals surface area contributed by atoms with Crippen LogP contribution in [0.4, 0.5) is 0 Å². The highest BCUT2D eigenvalue weighted by Gasteiger charge is 2.07. The summed E-state index contributed by atoms with van der Waals surface area (Å²) in [5.41, 5.74) is 4.11. The summed E-state index contributed by atoms with van der Waals surface area (Å²) >= 11 is 0. The van der Waals surface area contributed by atoms with Crippen LogP contribution in [0.25, 0.3) is 0 Å². The SMILES string of the molecule is O=C(O)c1ccc(COc2ccccc2C=NNC(=O)c2ccco2)cc1. The van der Waals surface area contributed by atoms with Crippen LogP contribution in [0.1, 0.15) is 32.0 Å². The zero-order chi connectivity index (χ0) is 19.1. The number of nitrogens with one attached hydrogen (secondary N) is 1. The fourth-order valence-electron chi connectivity index (χ4n) is 2.25. The first-order valence-corrected chi connectivity index (χ1v) is 8.04. The van der Waals surface area contributed by atoms with E-state index < -0.39 is 11.9 Å². The molecule has 3 rings (SSSR count). The number of furan rings is 1. The number of carbonyl (C=O) groups excluding carboxylic acids is 1. The van der Waals surface area contributed by atoms with E-state index in [1.54, 1.807) is 30.3 Å². The quantitative estimate of drug-likeness (QED) is 0.495. The predicted octanol–water partition coefficient (Wildman–Crippen LogP) is 3.32. The van der Waals surface area contributed by atoms with E-state index in [0.29, 0.717) is 11.3 Å². The van der Waals surface area contributed by atoms with E-state index in [2.05, 4.69) is 10.5 Å². The van der Waals surface area contributed by atoms with Crippen LogP contribution in [-0.4, -0.2) is 23.2 Å². The van der Waals surface area contributed by atoms with Crippen molar-refractivity contribution in [2.45, 2.75) is 6.61 Å². The van der Waals surface area contributed by atoms with Crippen LogP contribution in [0, 0.1) is 0 Å². The van der Waals surface area contributed by atoms with Gasteiger partial charge in [0.05, 0.1) is 18.0 Å². The van der Waals surface area contributed by atoms with Gasteiger partial charge >= 0.3 is 11.9 Å². The Bertz CT molecular complexity index is 947. The molecule has 1 aromatic heterocycles. The van der Waals surface area contributed by atoms with Crippen LogP contribution in [0.3, 0.4) is 0 Å². The van der Waals surface area contributed by atoms with E-state index >= 15 is 0 Å². The number of rotatable bonds is 7. The summed E-state index contributed by atoms with van der Waals surface area (Å²) in [4.78, 5) is 22.7. The number of hydrazone groups is 1. The molecule has 0 aliphatic heterocycles. The summed E-state index contributed by atoms with van der Waals surface area (Å²) in [5, 5.41) is 12.8. The maximum absolute atomic E-state index is 11.8. The van der Waals surface area contributed by atoms with Gasteiger partial charge in [0.25, 0.3) is 0 Å². The number of amides is 1. The smallest absolute Gasteiger partial charge is 0.335 e. The number of nitrogens with zero attached hydrogens (tertiary/aromatic N) is 1. The number of hydrogen-bond donors (Lipinski definition) is 2. The summed E-state index contributed by atoms with van der Waals surface area (Å²) in [5.74, 6) is -0.675. The van der Waals surface area contributed by atoms with Gasteiger partial charge in [-0.25, -0.2) is 10.2 Å². The number of carboxylic acids is 1. The lowest BCUT2D eigenvalue weighted by molar-refractivity contribution is 0.0696. The molecular weight excluding hydrogens is 348 g/mol. The molecule has 0 bridgehead atoms. The second-order valence-corrected chi connectivity index (χ2v) is 5.51. The molecule has 136 valence electrons. The summed E-state index contributed by atoms with van der Waals surface area (Å²) < 4.78 is 10.8. The van der Waals surface area contributed by atoms with E-state index in [4.69, 9.17) is 14.3 Å². The largest absolute Gasteiger partial charge is 0.488 e. The number of ether oxygens (including phenoxy) is 1. The molecule has 0 atom stereocenters. The molecule has 7 heteroatoms. The lowest BCUT2D eigenvalue weighted by Crippen LogP contribution is -2.16. The molecule has 7 nitrogen and oxygen atoms in total. The van der Waals surface area contributed by atoms with Crippen LogP contribution < -0.4 is 10.2 Å². The second-order valence-electron chi connectivity index (χ2n) is 5.51. The van der Waals surface area contributed by atoms with Crippen LogP contribution in [0.5, 0.6) is 5.75 Å². The normalized spacial score (nSPS) is 10.7. The zero-order valence-corrected chi connectivity index (χ0v) is 14.2. The summed E-state index contributed by atoms with van der Waals surface area (Å²) in [6, 6.07) is 16.8. The molecule has 0 saturated heterocycles. The maximum atomic E-state index is 11.8. The molecule has 27 heavy (non-hydrogen) atoms. The lowest BCUT2D eigenvalue weighted by atomic mass is 10.1. The minimum atomic E-state index is -0.972. The number of para-hydroxylation sites is 1.